The van der Waals surface area contributed by atoms with Crippen LogP contribution in [0.25, 0.3) is 11.0 Å². The zero-order valence-corrected chi connectivity index (χ0v) is 11.7. The third-order valence-electron chi connectivity index (χ3n) is 2.85. The summed E-state index contributed by atoms with van der Waals surface area (Å²) in [5, 5.41) is 6.93. The van der Waals surface area contributed by atoms with Gasteiger partial charge >= 0.3 is 6.18 Å². The quantitative estimate of drug-likeness (QED) is 0.734. The summed E-state index contributed by atoms with van der Waals surface area (Å²) in [5.41, 5.74) is 0.745. The second kappa shape index (κ2) is 5.03. The fourth-order valence-electron chi connectivity index (χ4n) is 1.90. The monoisotopic (exact) mass is 313 g/mol. The zero-order valence-electron chi connectivity index (χ0n) is 10.9. The lowest BCUT2D eigenvalue weighted by molar-refractivity contribution is -0.138. The van der Waals surface area contributed by atoms with Gasteiger partial charge in [-0.25, -0.2) is 0 Å². The molecule has 0 saturated heterocycles. The lowest BCUT2D eigenvalue weighted by Crippen LogP contribution is -2.15. The highest BCUT2D eigenvalue weighted by Crippen LogP contribution is 2.34. The molecule has 0 aliphatic carbocycles. The molecule has 21 heavy (non-hydrogen) atoms. The van der Waals surface area contributed by atoms with Crippen LogP contribution >= 0.6 is 11.3 Å². The Kier molecular flexibility index (Phi) is 3.32. The van der Waals surface area contributed by atoms with Gasteiger partial charge in [-0.05, 0) is 12.1 Å². The van der Waals surface area contributed by atoms with Gasteiger partial charge in [-0.1, -0.05) is 29.5 Å². The number of fused-ring (bicyclic) bond motifs is 1. The Morgan fingerprint density at radius 3 is 2.67 bits per heavy atom. The molecule has 4 nitrogen and oxygen atoms in total. The fourth-order valence-corrected chi connectivity index (χ4v) is 2.57. The molecule has 0 radical (unpaired) electrons. The van der Waals surface area contributed by atoms with Crippen LogP contribution in [0, 0.1) is 0 Å². The Hall–Kier alpha value is -2.09. The summed E-state index contributed by atoms with van der Waals surface area (Å²) in [7, 11) is 1.65. The Bertz CT molecular complexity index is 732. The molecule has 8 heteroatoms. The van der Waals surface area contributed by atoms with E-state index in [1.165, 1.54) is 0 Å². The topological polar surface area (TPSA) is 42.2 Å². The lowest BCUT2D eigenvalue weighted by atomic mass is 10.2. The van der Waals surface area contributed by atoms with E-state index in [0.29, 0.717) is 23.6 Å². The third-order valence-corrected chi connectivity index (χ3v) is 3.94. The summed E-state index contributed by atoms with van der Waals surface area (Å²) >= 11 is 0.511. The van der Waals surface area contributed by atoms with E-state index in [1.54, 1.807) is 11.9 Å². The maximum atomic E-state index is 12.5. The number of aromatic nitrogens is 2. The van der Waals surface area contributed by atoms with E-state index in [-0.39, 0.29) is 5.13 Å². The first-order chi connectivity index (χ1) is 9.93. The summed E-state index contributed by atoms with van der Waals surface area (Å²) < 4.78 is 43.1. The van der Waals surface area contributed by atoms with Crippen molar-refractivity contribution in [2.75, 3.05) is 11.9 Å². The van der Waals surface area contributed by atoms with Crippen LogP contribution in [0.1, 0.15) is 10.8 Å². The first kappa shape index (κ1) is 13.9. The molecule has 3 rings (SSSR count). The van der Waals surface area contributed by atoms with Gasteiger partial charge in [-0.3, -0.25) is 0 Å². The van der Waals surface area contributed by atoms with Crippen LogP contribution in [0.5, 0.6) is 0 Å². The number of nitrogens with zero attached hydrogens (tertiary/aromatic N) is 3. The Labute approximate surface area is 121 Å². The highest BCUT2D eigenvalue weighted by molar-refractivity contribution is 7.15. The maximum absolute atomic E-state index is 12.5. The van der Waals surface area contributed by atoms with Crippen molar-refractivity contribution in [3.05, 3.63) is 41.1 Å². The first-order valence-electron chi connectivity index (χ1n) is 6.03. The molecule has 2 heterocycles. The normalized spacial score (nSPS) is 12.0. The SMILES string of the molecule is CN(Cc1cc2ccccc2o1)c1nnc(C(F)(F)F)s1. The number of para-hydroxylation sites is 1. The van der Waals surface area contributed by atoms with Crippen LogP contribution < -0.4 is 4.90 Å². The molecule has 0 bridgehead atoms. The zero-order chi connectivity index (χ0) is 15.0. The minimum Gasteiger partial charge on any atom is -0.459 e. The fraction of sp³-hybridized carbons (Fsp3) is 0.231. The molecule has 0 aliphatic heterocycles. The van der Waals surface area contributed by atoms with Gasteiger partial charge in [0.1, 0.15) is 11.3 Å². The van der Waals surface area contributed by atoms with Gasteiger partial charge in [0, 0.05) is 12.4 Å². The number of hydrogen-bond donors (Lipinski definition) is 0. The average molecular weight is 313 g/mol. The molecule has 0 N–H and O–H groups in total. The minimum atomic E-state index is -4.46. The molecular weight excluding hydrogens is 303 g/mol. The van der Waals surface area contributed by atoms with Gasteiger partial charge in [0.15, 0.2) is 0 Å². The largest absolute Gasteiger partial charge is 0.459 e. The van der Waals surface area contributed by atoms with Gasteiger partial charge < -0.3 is 9.32 Å². The second-order valence-corrected chi connectivity index (χ2v) is 5.45. The van der Waals surface area contributed by atoms with Crippen molar-refractivity contribution in [1.29, 1.82) is 0 Å². The van der Waals surface area contributed by atoms with E-state index in [2.05, 4.69) is 10.2 Å². The van der Waals surface area contributed by atoms with Crippen LogP contribution in [0.15, 0.2) is 34.7 Å². The molecule has 0 spiro atoms. The summed E-state index contributed by atoms with van der Waals surface area (Å²) in [6.45, 7) is 0.321. The summed E-state index contributed by atoms with van der Waals surface area (Å²) in [6, 6.07) is 9.36. The molecule has 110 valence electrons. The first-order valence-corrected chi connectivity index (χ1v) is 6.84. The number of halogens is 3. The van der Waals surface area contributed by atoms with Crippen molar-refractivity contribution in [3.8, 4) is 0 Å². The maximum Gasteiger partial charge on any atom is 0.445 e. The summed E-state index contributed by atoms with van der Waals surface area (Å²) in [5.74, 6) is 0.655. The van der Waals surface area contributed by atoms with Gasteiger partial charge in [0.05, 0.1) is 6.54 Å². The summed E-state index contributed by atoms with van der Waals surface area (Å²) in [6.07, 6.45) is -4.46. The van der Waals surface area contributed by atoms with Crippen molar-refractivity contribution in [2.45, 2.75) is 12.7 Å². The molecule has 2 aromatic heterocycles. The van der Waals surface area contributed by atoms with Gasteiger partial charge in [-0.15, -0.1) is 10.2 Å². The molecule has 0 aliphatic rings. The molecule has 0 unspecified atom stereocenters. The number of benzene rings is 1. The predicted octanol–water partition coefficient (Wildman–Crippen LogP) is 3.94. The van der Waals surface area contributed by atoms with Crippen LogP contribution in [-0.4, -0.2) is 17.2 Å². The number of hydrogen-bond acceptors (Lipinski definition) is 5. The van der Waals surface area contributed by atoms with Crippen LogP contribution in [0.2, 0.25) is 0 Å². The van der Waals surface area contributed by atoms with Crippen LogP contribution in [-0.2, 0) is 12.7 Å². The van der Waals surface area contributed by atoms with Crippen molar-refractivity contribution in [3.63, 3.8) is 0 Å². The number of rotatable bonds is 3. The lowest BCUT2D eigenvalue weighted by Gasteiger charge is -2.12. The summed E-state index contributed by atoms with van der Waals surface area (Å²) in [4.78, 5) is 1.57. The van der Waals surface area contributed by atoms with Crippen LogP contribution in [0.3, 0.4) is 0 Å². The third kappa shape index (κ3) is 2.85. The molecule has 0 saturated carbocycles. The molecule has 3 aromatic rings. The molecule has 0 fully saturated rings. The van der Waals surface area contributed by atoms with Crippen molar-refractivity contribution < 1.29 is 17.6 Å². The van der Waals surface area contributed by atoms with Crippen LogP contribution in [0.4, 0.5) is 18.3 Å². The molecular formula is C13H10F3N3OS. The highest BCUT2D eigenvalue weighted by atomic mass is 32.1. The van der Waals surface area contributed by atoms with Gasteiger partial charge in [0.2, 0.25) is 10.1 Å². The molecule has 0 amide bonds. The van der Waals surface area contributed by atoms with E-state index in [4.69, 9.17) is 4.42 Å². The van der Waals surface area contributed by atoms with Gasteiger partial charge in [-0.2, -0.15) is 13.2 Å². The second-order valence-electron chi connectivity index (χ2n) is 4.49. The Morgan fingerprint density at radius 1 is 1.24 bits per heavy atom. The van der Waals surface area contributed by atoms with E-state index >= 15 is 0 Å². The van der Waals surface area contributed by atoms with E-state index in [9.17, 15) is 13.2 Å². The molecule has 0 atom stereocenters. The van der Waals surface area contributed by atoms with Crippen molar-refractivity contribution >= 4 is 27.4 Å². The Morgan fingerprint density at radius 2 is 2.00 bits per heavy atom. The number of anilines is 1. The van der Waals surface area contributed by atoms with E-state index in [0.717, 1.165) is 11.0 Å². The van der Waals surface area contributed by atoms with Crippen molar-refractivity contribution in [2.24, 2.45) is 0 Å². The standard InChI is InChI=1S/C13H10F3N3OS/c1-19(12-18-17-11(21-12)13(14,15)16)7-9-6-8-4-2-3-5-10(8)20-9/h2-6H,7H2,1H3. The van der Waals surface area contributed by atoms with E-state index < -0.39 is 11.2 Å². The van der Waals surface area contributed by atoms with Crippen molar-refractivity contribution in [1.82, 2.24) is 10.2 Å². The van der Waals surface area contributed by atoms with Gasteiger partial charge in [0.25, 0.3) is 0 Å². The smallest absolute Gasteiger partial charge is 0.445 e. The minimum absolute atomic E-state index is 0.197. The highest BCUT2D eigenvalue weighted by Gasteiger charge is 2.36. The number of furan rings is 1. The molecule has 1 aromatic carbocycles. The predicted molar refractivity (Wildman–Crippen MR) is 73.2 cm³/mol. The number of alkyl halides is 3. The van der Waals surface area contributed by atoms with E-state index in [1.807, 2.05) is 30.3 Å². The Balaban J connectivity index is 1.79. The average Bonchev–Trinajstić information content (AvgIpc) is 3.04.